The second-order valence-corrected chi connectivity index (χ2v) is 6.52. The van der Waals surface area contributed by atoms with Crippen LogP contribution in [0, 0.1) is 0 Å². The molecule has 2 amide bonds. The molecule has 1 saturated heterocycles. The normalized spacial score (nSPS) is 17.4. The van der Waals surface area contributed by atoms with Crippen molar-refractivity contribution in [2.45, 2.75) is 45.7 Å². The zero-order valence-electron chi connectivity index (χ0n) is 15.0. The molecule has 0 aromatic carbocycles. The molecule has 7 heteroatoms. The van der Waals surface area contributed by atoms with E-state index in [2.05, 4.69) is 15.3 Å². The molecule has 0 spiro atoms. The van der Waals surface area contributed by atoms with E-state index in [0.717, 1.165) is 39.0 Å². The largest absolute Gasteiger partial charge is 0.345 e. The van der Waals surface area contributed by atoms with Gasteiger partial charge in [0, 0.05) is 58.5 Å². The Morgan fingerprint density at radius 2 is 2.08 bits per heavy atom. The van der Waals surface area contributed by atoms with Gasteiger partial charge in [0.15, 0.2) is 0 Å². The van der Waals surface area contributed by atoms with Crippen molar-refractivity contribution in [2.24, 2.45) is 7.05 Å². The van der Waals surface area contributed by atoms with Gasteiger partial charge in [0.05, 0.1) is 6.20 Å². The fraction of sp³-hybridized carbons (Fsp3) is 0.706. The van der Waals surface area contributed by atoms with E-state index in [1.165, 1.54) is 12.5 Å². The summed E-state index contributed by atoms with van der Waals surface area (Å²) in [6, 6.07) is -0.391. The number of nitrogens with one attached hydrogen (secondary N) is 1. The Labute approximate surface area is 144 Å². The van der Waals surface area contributed by atoms with Gasteiger partial charge in [-0.1, -0.05) is 13.3 Å². The van der Waals surface area contributed by atoms with Crippen LogP contribution in [0.4, 0.5) is 0 Å². The predicted octanol–water partition coefficient (Wildman–Crippen LogP) is 0.759. The maximum Gasteiger partial charge on any atom is 0.245 e. The van der Waals surface area contributed by atoms with Crippen molar-refractivity contribution >= 4 is 11.8 Å². The SMILES string of the molecule is CCC[C@@H](NC(C)=O)C(=O)N1CCCN(Cc2cnn(C)c2)CC1. The average Bonchev–Trinajstić information content (AvgIpc) is 2.80. The van der Waals surface area contributed by atoms with Crippen LogP contribution in [0.15, 0.2) is 12.4 Å². The van der Waals surface area contributed by atoms with Crippen LogP contribution in [-0.2, 0) is 23.2 Å². The zero-order chi connectivity index (χ0) is 17.5. The highest BCUT2D eigenvalue weighted by molar-refractivity contribution is 5.86. The summed E-state index contributed by atoms with van der Waals surface area (Å²) in [5, 5.41) is 7.00. The number of rotatable bonds is 6. The van der Waals surface area contributed by atoms with Crippen LogP contribution in [0.5, 0.6) is 0 Å². The Kier molecular flexibility index (Phi) is 6.78. The van der Waals surface area contributed by atoms with Gasteiger partial charge in [-0.3, -0.25) is 19.2 Å². The summed E-state index contributed by atoms with van der Waals surface area (Å²) in [4.78, 5) is 28.3. The van der Waals surface area contributed by atoms with Gasteiger partial charge in [-0.2, -0.15) is 5.10 Å². The van der Waals surface area contributed by atoms with Crippen LogP contribution in [0.25, 0.3) is 0 Å². The molecule has 1 atom stereocenters. The third-order valence-corrected chi connectivity index (χ3v) is 4.32. The smallest absolute Gasteiger partial charge is 0.245 e. The summed E-state index contributed by atoms with van der Waals surface area (Å²) in [5.41, 5.74) is 1.19. The Morgan fingerprint density at radius 1 is 1.29 bits per heavy atom. The van der Waals surface area contributed by atoms with Crippen LogP contribution < -0.4 is 5.32 Å². The molecule has 1 fully saturated rings. The molecule has 1 aromatic heterocycles. The Balaban J connectivity index is 1.90. The van der Waals surface area contributed by atoms with Crippen molar-refractivity contribution in [3.05, 3.63) is 18.0 Å². The second-order valence-electron chi connectivity index (χ2n) is 6.52. The zero-order valence-corrected chi connectivity index (χ0v) is 15.0. The van der Waals surface area contributed by atoms with Gasteiger partial charge in [0.25, 0.3) is 0 Å². The lowest BCUT2D eigenvalue weighted by atomic mass is 10.1. The van der Waals surface area contributed by atoms with E-state index in [1.54, 1.807) is 0 Å². The molecule has 0 aliphatic carbocycles. The van der Waals surface area contributed by atoms with Crippen molar-refractivity contribution in [3.8, 4) is 0 Å². The topological polar surface area (TPSA) is 70.5 Å². The van der Waals surface area contributed by atoms with Gasteiger partial charge in [0.1, 0.15) is 6.04 Å². The molecule has 0 radical (unpaired) electrons. The van der Waals surface area contributed by atoms with Gasteiger partial charge >= 0.3 is 0 Å². The lowest BCUT2D eigenvalue weighted by Crippen LogP contribution is -2.49. The molecule has 0 unspecified atom stereocenters. The minimum atomic E-state index is -0.391. The Morgan fingerprint density at radius 3 is 2.71 bits per heavy atom. The molecule has 7 nitrogen and oxygen atoms in total. The maximum atomic E-state index is 12.7. The summed E-state index contributed by atoms with van der Waals surface area (Å²) >= 11 is 0. The summed E-state index contributed by atoms with van der Waals surface area (Å²) in [5.74, 6) is -0.0925. The Bertz CT molecular complexity index is 557. The number of hydrogen-bond donors (Lipinski definition) is 1. The third kappa shape index (κ3) is 5.33. The fourth-order valence-corrected chi connectivity index (χ4v) is 3.17. The fourth-order valence-electron chi connectivity index (χ4n) is 3.17. The molecule has 0 bridgehead atoms. The molecule has 1 aliphatic rings. The van der Waals surface area contributed by atoms with Crippen molar-refractivity contribution in [3.63, 3.8) is 0 Å². The molecule has 134 valence electrons. The predicted molar refractivity (Wildman–Crippen MR) is 92.2 cm³/mol. The van der Waals surface area contributed by atoms with Crippen LogP contribution in [-0.4, -0.2) is 63.6 Å². The van der Waals surface area contributed by atoms with E-state index in [-0.39, 0.29) is 11.8 Å². The lowest BCUT2D eigenvalue weighted by Gasteiger charge is -2.26. The highest BCUT2D eigenvalue weighted by atomic mass is 16.2. The molecule has 24 heavy (non-hydrogen) atoms. The number of amides is 2. The first kappa shape index (κ1) is 18.4. The van der Waals surface area contributed by atoms with E-state index >= 15 is 0 Å². The van der Waals surface area contributed by atoms with E-state index in [0.29, 0.717) is 13.0 Å². The van der Waals surface area contributed by atoms with Crippen molar-refractivity contribution in [1.82, 2.24) is 24.9 Å². The van der Waals surface area contributed by atoms with E-state index in [9.17, 15) is 9.59 Å². The minimum absolute atomic E-state index is 0.0512. The number of aromatic nitrogens is 2. The first-order chi connectivity index (χ1) is 11.5. The third-order valence-electron chi connectivity index (χ3n) is 4.32. The molecule has 2 heterocycles. The number of nitrogens with zero attached hydrogens (tertiary/aromatic N) is 4. The van der Waals surface area contributed by atoms with E-state index < -0.39 is 6.04 Å². The van der Waals surface area contributed by atoms with Crippen molar-refractivity contribution < 1.29 is 9.59 Å². The maximum absolute atomic E-state index is 12.7. The monoisotopic (exact) mass is 335 g/mol. The standard InChI is InChI=1S/C17H29N5O2/c1-4-6-16(19-14(2)23)17(24)22-8-5-7-21(9-10-22)13-15-11-18-20(3)12-15/h11-12,16H,4-10,13H2,1-3H3,(H,19,23)/t16-/m1/s1. The van der Waals surface area contributed by atoms with Gasteiger partial charge in [-0.25, -0.2) is 0 Å². The summed E-state index contributed by atoms with van der Waals surface area (Å²) < 4.78 is 1.81. The van der Waals surface area contributed by atoms with Crippen molar-refractivity contribution in [1.29, 1.82) is 0 Å². The van der Waals surface area contributed by atoms with Gasteiger partial charge in [-0.05, 0) is 12.8 Å². The lowest BCUT2D eigenvalue weighted by molar-refractivity contribution is -0.136. The quantitative estimate of drug-likeness (QED) is 0.833. The van der Waals surface area contributed by atoms with Crippen LogP contribution in [0.1, 0.15) is 38.7 Å². The molecular formula is C17H29N5O2. The molecule has 1 aliphatic heterocycles. The molecule has 2 rings (SSSR count). The van der Waals surface area contributed by atoms with Crippen LogP contribution in [0.2, 0.25) is 0 Å². The van der Waals surface area contributed by atoms with Gasteiger partial charge in [0.2, 0.25) is 11.8 Å². The molecule has 0 saturated carbocycles. The summed E-state index contributed by atoms with van der Waals surface area (Å²) in [6.45, 7) is 7.63. The molecule has 1 N–H and O–H groups in total. The highest BCUT2D eigenvalue weighted by Gasteiger charge is 2.26. The van der Waals surface area contributed by atoms with E-state index in [4.69, 9.17) is 0 Å². The van der Waals surface area contributed by atoms with Crippen LogP contribution >= 0.6 is 0 Å². The second kappa shape index (κ2) is 8.82. The molecule has 1 aromatic rings. The van der Waals surface area contributed by atoms with Gasteiger partial charge < -0.3 is 10.2 Å². The number of carbonyl (C=O) groups excluding carboxylic acids is 2. The number of carbonyl (C=O) groups is 2. The van der Waals surface area contributed by atoms with Crippen LogP contribution in [0.3, 0.4) is 0 Å². The molecular weight excluding hydrogens is 306 g/mol. The number of hydrogen-bond acceptors (Lipinski definition) is 4. The summed E-state index contributed by atoms with van der Waals surface area (Å²) in [7, 11) is 1.92. The first-order valence-electron chi connectivity index (χ1n) is 8.75. The summed E-state index contributed by atoms with van der Waals surface area (Å²) in [6.07, 6.45) is 6.43. The van der Waals surface area contributed by atoms with Gasteiger partial charge in [-0.15, -0.1) is 0 Å². The highest BCUT2D eigenvalue weighted by Crippen LogP contribution is 2.11. The minimum Gasteiger partial charge on any atom is -0.345 e. The van der Waals surface area contributed by atoms with E-state index in [1.807, 2.05) is 35.9 Å². The Hall–Kier alpha value is -1.89. The first-order valence-corrected chi connectivity index (χ1v) is 8.75. The average molecular weight is 335 g/mol. The number of aryl methyl sites for hydroxylation is 1. The van der Waals surface area contributed by atoms with Crippen molar-refractivity contribution in [2.75, 3.05) is 26.2 Å².